The molecule has 0 aromatic heterocycles. The molecule has 0 bridgehead atoms. The summed E-state index contributed by atoms with van der Waals surface area (Å²) < 4.78 is 66.2. The van der Waals surface area contributed by atoms with Crippen LogP contribution in [0.4, 0.5) is 18.9 Å². The maximum Gasteiger partial charge on any atom is 0.417 e. The minimum atomic E-state index is -4.83. The van der Waals surface area contributed by atoms with Gasteiger partial charge in [-0.1, -0.05) is 54.3 Å². The van der Waals surface area contributed by atoms with Gasteiger partial charge < -0.3 is 10.2 Å². The lowest BCUT2D eigenvalue weighted by molar-refractivity contribution is -0.139. The van der Waals surface area contributed by atoms with Crippen molar-refractivity contribution >= 4 is 39.1 Å². The maximum absolute atomic E-state index is 13.6. The van der Waals surface area contributed by atoms with E-state index < -0.39 is 45.3 Å². The van der Waals surface area contributed by atoms with Crippen LogP contribution in [-0.4, -0.2) is 50.0 Å². The third-order valence-corrected chi connectivity index (χ3v) is 8.00. The van der Waals surface area contributed by atoms with Gasteiger partial charge in [0.25, 0.3) is 0 Å². The summed E-state index contributed by atoms with van der Waals surface area (Å²) in [6.07, 6.45) is -0.368. The molecule has 0 spiro atoms. The molecule has 12 heteroatoms. The Hall–Kier alpha value is -2.79. The van der Waals surface area contributed by atoms with Crippen molar-refractivity contribution in [3.8, 4) is 0 Å². The van der Waals surface area contributed by atoms with Gasteiger partial charge in [0.2, 0.25) is 21.8 Å². The molecule has 1 aliphatic carbocycles. The molecule has 1 fully saturated rings. The molecule has 2 aromatic carbocycles. The van der Waals surface area contributed by atoms with Crippen LogP contribution in [0.25, 0.3) is 0 Å². The highest BCUT2D eigenvalue weighted by Gasteiger charge is 2.36. The highest BCUT2D eigenvalue weighted by atomic mass is 35.5. The molecule has 38 heavy (non-hydrogen) atoms. The Morgan fingerprint density at radius 2 is 1.79 bits per heavy atom. The van der Waals surface area contributed by atoms with Gasteiger partial charge in [0.15, 0.2) is 0 Å². The maximum atomic E-state index is 13.6. The number of alkyl halides is 3. The summed E-state index contributed by atoms with van der Waals surface area (Å²) in [5, 5.41) is 2.35. The predicted octanol–water partition coefficient (Wildman–Crippen LogP) is 4.91. The first-order chi connectivity index (χ1) is 17.7. The average Bonchev–Trinajstić information content (AvgIpc) is 3.32. The number of nitrogens with zero attached hydrogens (tertiary/aromatic N) is 2. The van der Waals surface area contributed by atoms with Gasteiger partial charge in [-0.2, -0.15) is 13.2 Å². The van der Waals surface area contributed by atoms with E-state index >= 15 is 0 Å². The summed E-state index contributed by atoms with van der Waals surface area (Å²) in [4.78, 5) is 27.9. The standard InChI is InChI=1S/C26H31ClF3N3O4S/c1-17-7-6-8-19(13-17)15-32(18(2)25(35)31-20-9-4-5-10-20)24(34)16-33(38(3,36)37)21-11-12-23(27)22(14-21)26(28,29)30/h6-8,11-14,18,20H,4-5,9-10,15-16H2,1-3H3,(H,31,35). The number of halogens is 4. The number of nitrogens with one attached hydrogen (secondary N) is 1. The number of hydrogen-bond donors (Lipinski definition) is 1. The second-order valence-electron chi connectivity index (χ2n) is 9.61. The minimum absolute atomic E-state index is 0.00301. The number of carbonyl (C=O) groups is 2. The molecule has 1 unspecified atom stereocenters. The zero-order valence-electron chi connectivity index (χ0n) is 21.4. The van der Waals surface area contributed by atoms with Crippen molar-refractivity contribution in [3.63, 3.8) is 0 Å². The lowest BCUT2D eigenvalue weighted by Gasteiger charge is -2.32. The van der Waals surface area contributed by atoms with Gasteiger partial charge >= 0.3 is 6.18 Å². The first-order valence-electron chi connectivity index (χ1n) is 12.2. The van der Waals surface area contributed by atoms with Crippen LogP contribution in [-0.2, 0) is 32.3 Å². The lowest BCUT2D eigenvalue weighted by Crippen LogP contribution is -2.52. The first-order valence-corrected chi connectivity index (χ1v) is 14.4. The predicted molar refractivity (Wildman–Crippen MR) is 140 cm³/mol. The number of hydrogen-bond acceptors (Lipinski definition) is 4. The molecule has 0 heterocycles. The summed E-state index contributed by atoms with van der Waals surface area (Å²) in [6.45, 7) is 2.62. The molecule has 7 nitrogen and oxygen atoms in total. The summed E-state index contributed by atoms with van der Waals surface area (Å²) in [5.41, 5.74) is 0.0574. The highest BCUT2D eigenvalue weighted by Crippen LogP contribution is 2.37. The van der Waals surface area contributed by atoms with Crippen LogP contribution in [0, 0.1) is 6.92 Å². The number of benzene rings is 2. The molecule has 1 atom stereocenters. The average molecular weight is 574 g/mol. The zero-order valence-corrected chi connectivity index (χ0v) is 23.0. The third-order valence-electron chi connectivity index (χ3n) is 6.53. The van der Waals surface area contributed by atoms with Crippen molar-refractivity contribution in [3.05, 3.63) is 64.2 Å². The Morgan fingerprint density at radius 1 is 1.13 bits per heavy atom. The van der Waals surface area contributed by atoms with Crippen molar-refractivity contribution in [2.45, 2.75) is 64.3 Å². The van der Waals surface area contributed by atoms with E-state index in [1.807, 2.05) is 19.1 Å². The zero-order chi connectivity index (χ0) is 28.3. The van der Waals surface area contributed by atoms with Gasteiger partial charge in [-0.05, 0) is 50.5 Å². The Kier molecular flexibility index (Phi) is 9.35. The van der Waals surface area contributed by atoms with Gasteiger partial charge in [0.1, 0.15) is 12.6 Å². The van der Waals surface area contributed by atoms with Crippen LogP contribution in [0.2, 0.25) is 5.02 Å². The number of carbonyl (C=O) groups excluding carboxylic acids is 2. The second kappa shape index (κ2) is 11.9. The molecule has 2 amide bonds. The van der Waals surface area contributed by atoms with Gasteiger partial charge in [-0.15, -0.1) is 0 Å². The van der Waals surface area contributed by atoms with Crippen LogP contribution in [0.15, 0.2) is 42.5 Å². The fourth-order valence-corrected chi connectivity index (χ4v) is 5.55. The normalized spacial score (nSPS) is 15.2. The number of anilines is 1. The molecular weight excluding hydrogens is 543 g/mol. The van der Waals surface area contributed by atoms with Gasteiger partial charge in [0.05, 0.1) is 22.5 Å². The quantitative estimate of drug-likeness (QED) is 0.462. The molecule has 1 saturated carbocycles. The largest absolute Gasteiger partial charge is 0.417 e. The van der Waals surface area contributed by atoms with Gasteiger partial charge in [-0.25, -0.2) is 8.42 Å². The highest BCUT2D eigenvalue weighted by molar-refractivity contribution is 7.92. The molecule has 1 N–H and O–H groups in total. The Labute approximate surface area is 226 Å². The molecular formula is C26H31ClF3N3O4S. The fourth-order valence-electron chi connectivity index (χ4n) is 4.48. The number of aryl methyl sites for hydroxylation is 1. The number of amides is 2. The van der Waals surface area contributed by atoms with Crippen molar-refractivity contribution in [1.82, 2.24) is 10.2 Å². The van der Waals surface area contributed by atoms with E-state index in [1.54, 1.807) is 19.1 Å². The molecule has 0 aliphatic heterocycles. The summed E-state index contributed by atoms with van der Waals surface area (Å²) in [6, 6.07) is 8.96. The van der Waals surface area contributed by atoms with Crippen LogP contribution in [0.5, 0.6) is 0 Å². The molecule has 0 radical (unpaired) electrons. The van der Waals surface area contributed by atoms with Crippen LogP contribution < -0.4 is 9.62 Å². The van der Waals surface area contributed by atoms with Crippen LogP contribution >= 0.6 is 11.6 Å². The van der Waals surface area contributed by atoms with E-state index in [-0.39, 0.29) is 24.2 Å². The molecule has 0 saturated heterocycles. The summed E-state index contributed by atoms with van der Waals surface area (Å²) in [5.74, 6) is -1.12. The Morgan fingerprint density at radius 3 is 2.37 bits per heavy atom. The van der Waals surface area contributed by atoms with Crippen molar-refractivity contribution in [2.24, 2.45) is 0 Å². The van der Waals surface area contributed by atoms with Crippen LogP contribution in [0.3, 0.4) is 0 Å². The van der Waals surface area contributed by atoms with E-state index in [0.29, 0.717) is 10.4 Å². The summed E-state index contributed by atoms with van der Waals surface area (Å²) in [7, 11) is -4.19. The van der Waals surface area contributed by atoms with E-state index in [4.69, 9.17) is 11.6 Å². The molecule has 2 aromatic rings. The van der Waals surface area contributed by atoms with E-state index in [0.717, 1.165) is 55.2 Å². The molecule has 1 aliphatic rings. The second-order valence-corrected chi connectivity index (χ2v) is 11.9. The van der Waals surface area contributed by atoms with Crippen LogP contribution in [0.1, 0.15) is 49.3 Å². The minimum Gasteiger partial charge on any atom is -0.352 e. The Bertz CT molecular complexity index is 1280. The van der Waals surface area contributed by atoms with E-state index in [2.05, 4.69) is 5.32 Å². The number of rotatable bonds is 9. The summed E-state index contributed by atoms with van der Waals surface area (Å²) >= 11 is 5.70. The first kappa shape index (κ1) is 29.8. The monoisotopic (exact) mass is 573 g/mol. The topological polar surface area (TPSA) is 86.8 Å². The smallest absolute Gasteiger partial charge is 0.352 e. The van der Waals surface area contributed by atoms with Crippen molar-refractivity contribution in [2.75, 3.05) is 17.1 Å². The van der Waals surface area contributed by atoms with E-state index in [1.165, 1.54) is 4.90 Å². The molecule has 3 rings (SSSR count). The third kappa shape index (κ3) is 7.63. The van der Waals surface area contributed by atoms with Crippen molar-refractivity contribution in [1.29, 1.82) is 0 Å². The molecule has 208 valence electrons. The Balaban J connectivity index is 1.94. The SMILES string of the molecule is Cc1cccc(CN(C(=O)CN(c2ccc(Cl)c(C(F)(F)F)c2)S(C)(=O)=O)C(C)C(=O)NC2CCCC2)c1. The number of sulfonamides is 1. The van der Waals surface area contributed by atoms with Gasteiger partial charge in [-0.3, -0.25) is 13.9 Å². The lowest BCUT2D eigenvalue weighted by atomic mass is 10.1. The van der Waals surface area contributed by atoms with Gasteiger partial charge in [0, 0.05) is 12.6 Å². The fraction of sp³-hybridized carbons (Fsp3) is 0.462. The van der Waals surface area contributed by atoms with Crippen molar-refractivity contribution < 1.29 is 31.2 Å². The van der Waals surface area contributed by atoms with E-state index in [9.17, 15) is 31.2 Å².